The number of ether oxygens (including phenoxy) is 1. The van der Waals surface area contributed by atoms with E-state index >= 15 is 0 Å². The van der Waals surface area contributed by atoms with Crippen LogP contribution in [0.3, 0.4) is 0 Å². The van der Waals surface area contributed by atoms with Crippen molar-refractivity contribution in [2.24, 2.45) is 10.6 Å². The molecule has 1 amide bonds. The van der Waals surface area contributed by atoms with Crippen molar-refractivity contribution in [1.82, 2.24) is 20.3 Å². The van der Waals surface area contributed by atoms with Gasteiger partial charge in [-0.15, -0.1) is 11.3 Å². The van der Waals surface area contributed by atoms with Gasteiger partial charge in [-0.2, -0.15) is 0 Å². The van der Waals surface area contributed by atoms with Gasteiger partial charge in [0.25, 0.3) is 0 Å². The highest BCUT2D eigenvalue weighted by Gasteiger charge is 2.37. The number of hydrogen-bond donors (Lipinski definition) is 2. The molecule has 0 spiro atoms. The van der Waals surface area contributed by atoms with Gasteiger partial charge < -0.3 is 24.9 Å². The standard InChI is InChI=1S/C27H34N6O5S/c1-5-28-22(34)14-23-31-21-13-18(12-20(24(21)39-23)17(2)32-38-11-10-37-4)19-15-29-26(30-16-19)33-8-6-27(3,7-9-33)25(35)36/h12-13,15-16H,5-11,14H2,1-4H3,(H,28,34)(H,35,36)/b32-17+. The van der Waals surface area contributed by atoms with Crippen molar-refractivity contribution in [2.75, 3.05) is 44.9 Å². The molecule has 2 N–H and O–H groups in total. The number of rotatable bonds is 11. The Morgan fingerprint density at radius 1 is 1.18 bits per heavy atom. The average molecular weight is 555 g/mol. The Hall–Kier alpha value is -3.64. The maximum Gasteiger partial charge on any atom is 0.309 e. The lowest BCUT2D eigenvalue weighted by molar-refractivity contribution is -0.149. The Labute approximate surface area is 231 Å². The number of amides is 1. The van der Waals surface area contributed by atoms with Crippen molar-refractivity contribution in [2.45, 2.75) is 40.0 Å². The van der Waals surface area contributed by atoms with Gasteiger partial charge >= 0.3 is 5.97 Å². The van der Waals surface area contributed by atoms with Crippen molar-refractivity contribution >= 4 is 45.1 Å². The molecule has 3 heterocycles. The summed E-state index contributed by atoms with van der Waals surface area (Å²) in [4.78, 5) is 45.1. The van der Waals surface area contributed by atoms with Crippen LogP contribution < -0.4 is 10.2 Å². The maximum absolute atomic E-state index is 12.2. The summed E-state index contributed by atoms with van der Waals surface area (Å²) in [6.45, 7) is 8.05. The lowest BCUT2D eigenvalue weighted by Gasteiger charge is -2.36. The number of piperidine rings is 1. The number of aliphatic carboxylic acids is 1. The predicted molar refractivity (Wildman–Crippen MR) is 150 cm³/mol. The number of methoxy groups -OCH3 is 1. The molecule has 1 aliphatic rings. The largest absolute Gasteiger partial charge is 0.481 e. The van der Waals surface area contributed by atoms with Crippen LogP contribution in [0.4, 0.5) is 5.95 Å². The van der Waals surface area contributed by atoms with Gasteiger partial charge in [-0.3, -0.25) is 9.59 Å². The molecule has 1 saturated heterocycles. The highest BCUT2D eigenvalue weighted by molar-refractivity contribution is 7.19. The van der Waals surface area contributed by atoms with E-state index in [1.165, 1.54) is 11.3 Å². The maximum atomic E-state index is 12.2. The fourth-order valence-corrected chi connectivity index (χ4v) is 5.46. The molecule has 12 heteroatoms. The second-order valence-corrected chi connectivity index (χ2v) is 10.8. The fraction of sp³-hybridized carbons (Fsp3) is 0.481. The Kier molecular flexibility index (Phi) is 9.08. The summed E-state index contributed by atoms with van der Waals surface area (Å²) < 4.78 is 5.95. The van der Waals surface area contributed by atoms with Crippen molar-refractivity contribution in [3.05, 3.63) is 35.1 Å². The van der Waals surface area contributed by atoms with Gasteiger partial charge in [-0.05, 0) is 51.3 Å². The van der Waals surface area contributed by atoms with Gasteiger partial charge in [0.05, 0.1) is 34.4 Å². The summed E-state index contributed by atoms with van der Waals surface area (Å²) >= 11 is 1.46. The van der Waals surface area contributed by atoms with E-state index < -0.39 is 11.4 Å². The van der Waals surface area contributed by atoms with E-state index in [0.29, 0.717) is 62.4 Å². The van der Waals surface area contributed by atoms with Crippen LogP contribution in [0, 0.1) is 5.41 Å². The van der Waals surface area contributed by atoms with Crippen molar-refractivity contribution in [3.8, 4) is 11.1 Å². The summed E-state index contributed by atoms with van der Waals surface area (Å²) in [6, 6.07) is 3.97. The molecule has 4 rings (SSSR count). The topological polar surface area (TPSA) is 139 Å². The number of carboxylic acid groups (broad SMARTS) is 1. The molecule has 208 valence electrons. The predicted octanol–water partition coefficient (Wildman–Crippen LogP) is 3.51. The van der Waals surface area contributed by atoms with Gasteiger partial charge in [-0.25, -0.2) is 15.0 Å². The zero-order valence-corrected chi connectivity index (χ0v) is 23.5. The van der Waals surface area contributed by atoms with E-state index in [2.05, 4.69) is 20.4 Å². The zero-order chi connectivity index (χ0) is 28.0. The molecule has 0 atom stereocenters. The van der Waals surface area contributed by atoms with Gasteiger partial charge in [-0.1, -0.05) is 5.16 Å². The molecule has 0 unspecified atom stereocenters. The van der Waals surface area contributed by atoms with Crippen LogP contribution in [0.25, 0.3) is 21.3 Å². The third kappa shape index (κ3) is 6.69. The van der Waals surface area contributed by atoms with Crippen LogP contribution in [0.15, 0.2) is 29.7 Å². The number of carboxylic acids is 1. The minimum absolute atomic E-state index is 0.0722. The zero-order valence-electron chi connectivity index (χ0n) is 22.7. The number of thiazole rings is 1. The first-order valence-corrected chi connectivity index (χ1v) is 13.7. The number of oxime groups is 1. The van der Waals surface area contributed by atoms with Gasteiger partial charge in [0.2, 0.25) is 11.9 Å². The highest BCUT2D eigenvalue weighted by atomic mass is 32.1. The van der Waals surface area contributed by atoms with Crippen molar-refractivity contribution in [3.63, 3.8) is 0 Å². The number of nitrogens with zero attached hydrogens (tertiary/aromatic N) is 5. The SMILES string of the molecule is CCNC(=O)Cc1nc2cc(-c3cnc(N4CCC(C)(C(=O)O)CC4)nc3)cc(/C(C)=N/OCCOC)c2s1. The molecule has 2 aromatic heterocycles. The van der Waals surface area contributed by atoms with E-state index in [0.717, 1.165) is 26.9 Å². The molecular weight excluding hydrogens is 520 g/mol. The molecule has 1 aliphatic heterocycles. The molecule has 1 aromatic carbocycles. The summed E-state index contributed by atoms with van der Waals surface area (Å²) in [6.07, 6.45) is 4.82. The quantitative estimate of drug-likeness (QED) is 0.207. The molecule has 0 bridgehead atoms. The van der Waals surface area contributed by atoms with Gasteiger partial charge in [0.15, 0.2) is 0 Å². The number of fused-ring (bicyclic) bond motifs is 1. The first-order chi connectivity index (χ1) is 18.7. The molecular formula is C27H34N6O5S. The highest BCUT2D eigenvalue weighted by Crippen LogP contribution is 2.34. The number of carbonyl (C=O) groups excluding carboxylic acids is 1. The number of aromatic nitrogens is 3. The summed E-state index contributed by atoms with van der Waals surface area (Å²) in [5, 5.41) is 17.3. The Morgan fingerprint density at radius 2 is 1.90 bits per heavy atom. The summed E-state index contributed by atoms with van der Waals surface area (Å²) in [5.74, 6) is -0.254. The summed E-state index contributed by atoms with van der Waals surface area (Å²) in [7, 11) is 1.60. The molecule has 11 nitrogen and oxygen atoms in total. The third-order valence-corrected chi connectivity index (χ3v) is 7.93. The lowest BCUT2D eigenvalue weighted by atomic mass is 9.80. The molecule has 0 aliphatic carbocycles. The number of carbonyl (C=O) groups is 2. The molecule has 39 heavy (non-hydrogen) atoms. The first kappa shape index (κ1) is 28.4. The van der Waals surface area contributed by atoms with Crippen LogP contribution in [-0.4, -0.2) is 77.6 Å². The lowest BCUT2D eigenvalue weighted by Crippen LogP contribution is -2.43. The van der Waals surface area contributed by atoms with E-state index in [9.17, 15) is 14.7 Å². The van der Waals surface area contributed by atoms with E-state index in [4.69, 9.17) is 14.6 Å². The number of likely N-dealkylation sites (N-methyl/N-ethyl adjacent to an activating group) is 1. The first-order valence-electron chi connectivity index (χ1n) is 12.9. The smallest absolute Gasteiger partial charge is 0.309 e. The number of hydrogen-bond acceptors (Lipinski definition) is 10. The second kappa shape index (κ2) is 12.5. The Morgan fingerprint density at radius 3 is 2.54 bits per heavy atom. The van der Waals surface area contributed by atoms with Crippen LogP contribution in [-0.2, 0) is 25.6 Å². The van der Waals surface area contributed by atoms with Crippen LogP contribution in [0.1, 0.15) is 44.2 Å². The fourth-order valence-electron chi connectivity index (χ4n) is 4.35. The van der Waals surface area contributed by atoms with E-state index in [1.54, 1.807) is 26.4 Å². The molecule has 0 radical (unpaired) electrons. The Bertz CT molecular complexity index is 1350. The molecule has 1 fully saturated rings. The van der Waals surface area contributed by atoms with Crippen molar-refractivity contribution in [1.29, 1.82) is 0 Å². The van der Waals surface area contributed by atoms with Gasteiger partial charge in [0.1, 0.15) is 11.6 Å². The Balaban J connectivity index is 1.62. The normalized spacial score (nSPS) is 15.4. The van der Waals surface area contributed by atoms with Crippen LogP contribution >= 0.6 is 11.3 Å². The number of nitrogens with one attached hydrogen (secondary N) is 1. The molecule has 0 saturated carbocycles. The minimum Gasteiger partial charge on any atom is -0.481 e. The second-order valence-electron chi connectivity index (χ2n) is 9.74. The van der Waals surface area contributed by atoms with Crippen molar-refractivity contribution < 1.29 is 24.3 Å². The number of benzene rings is 1. The minimum atomic E-state index is -0.760. The summed E-state index contributed by atoms with van der Waals surface area (Å²) in [5.41, 5.74) is 3.25. The molecule has 3 aromatic rings. The van der Waals surface area contributed by atoms with E-state index in [-0.39, 0.29) is 12.3 Å². The number of anilines is 1. The average Bonchev–Trinajstić information content (AvgIpc) is 3.33. The van der Waals surface area contributed by atoms with Gasteiger partial charge in [0, 0.05) is 50.3 Å². The van der Waals surface area contributed by atoms with E-state index in [1.807, 2.05) is 30.9 Å². The van der Waals surface area contributed by atoms with Crippen LogP contribution in [0.2, 0.25) is 0 Å². The van der Waals surface area contributed by atoms with Crippen LogP contribution in [0.5, 0.6) is 0 Å². The third-order valence-electron chi connectivity index (χ3n) is 6.83. The monoisotopic (exact) mass is 554 g/mol.